The van der Waals surface area contributed by atoms with E-state index >= 15 is 0 Å². The second kappa shape index (κ2) is 5.86. The zero-order chi connectivity index (χ0) is 14.9. The fraction of sp³-hybridized carbons (Fsp3) is 0.444. The number of nitrogens with zero attached hydrogens (tertiary/aromatic N) is 1. The maximum Gasteiger partial charge on any atom is 0.137 e. The predicted octanol–water partition coefficient (Wildman–Crippen LogP) is 3.27. The fourth-order valence-electron chi connectivity index (χ4n) is 3.71. The van der Waals surface area contributed by atoms with Crippen LogP contribution in [0.5, 0.6) is 0 Å². The van der Waals surface area contributed by atoms with Gasteiger partial charge in [-0.1, -0.05) is 12.1 Å². The number of nitrogens with one attached hydrogen (secondary N) is 1. The van der Waals surface area contributed by atoms with E-state index in [1.807, 2.05) is 18.2 Å². The van der Waals surface area contributed by atoms with Crippen LogP contribution in [0.25, 0.3) is 11.3 Å². The van der Waals surface area contributed by atoms with Crippen molar-refractivity contribution in [2.24, 2.45) is 5.92 Å². The molecule has 0 radical (unpaired) electrons. The van der Waals surface area contributed by atoms with E-state index in [-0.39, 0.29) is 5.82 Å². The number of hydrogen-bond donors (Lipinski definition) is 1. The van der Waals surface area contributed by atoms with Crippen molar-refractivity contribution in [1.82, 2.24) is 10.2 Å². The van der Waals surface area contributed by atoms with Gasteiger partial charge in [0.15, 0.2) is 0 Å². The molecule has 3 fully saturated rings. The van der Waals surface area contributed by atoms with Crippen LogP contribution in [-0.2, 0) is 6.54 Å². The number of hydrogen-bond acceptors (Lipinski definition) is 3. The van der Waals surface area contributed by atoms with Gasteiger partial charge in [-0.25, -0.2) is 4.39 Å². The van der Waals surface area contributed by atoms with Crippen LogP contribution in [0.4, 0.5) is 4.39 Å². The summed E-state index contributed by atoms with van der Waals surface area (Å²) in [6.45, 7) is 4.36. The molecule has 1 atom stereocenters. The second-order valence-corrected chi connectivity index (χ2v) is 6.37. The molecule has 3 nitrogen and oxygen atoms in total. The van der Waals surface area contributed by atoms with E-state index in [0.717, 1.165) is 18.2 Å². The minimum absolute atomic E-state index is 0.242. The molecule has 3 aliphatic rings. The zero-order valence-electron chi connectivity index (χ0n) is 12.6. The van der Waals surface area contributed by atoms with E-state index in [9.17, 15) is 4.39 Å². The monoisotopic (exact) mass is 300 g/mol. The van der Waals surface area contributed by atoms with E-state index in [0.29, 0.717) is 23.9 Å². The summed E-state index contributed by atoms with van der Waals surface area (Å²) >= 11 is 0. The molecule has 1 N–H and O–H groups in total. The number of piperidine rings is 3. The topological polar surface area (TPSA) is 28.4 Å². The van der Waals surface area contributed by atoms with Gasteiger partial charge in [-0.05, 0) is 56.1 Å². The molecular weight excluding hydrogens is 279 g/mol. The summed E-state index contributed by atoms with van der Waals surface area (Å²) in [5, 5.41) is 3.62. The van der Waals surface area contributed by atoms with Crippen molar-refractivity contribution in [3.8, 4) is 11.3 Å². The molecular formula is C18H21FN2O. The molecule has 5 rings (SSSR count). The first-order valence-corrected chi connectivity index (χ1v) is 8.09. The van der Waals surface area contributed by atoms with Crippen LogP contribution in [0.1, 0.15) is 18.6 Å². The van der Waals surface area contributed by atoms with Gasteiger partial charge in [0.2, 0.25) is 0 Å². The Balaban J connectivity index is 1.41. The lowest BCUT2D eigenvalue weighted by atomic mass is 9.84. The van der Waals surface area contributed by atoms with Crippen molar-refractivity contribution >= 4 is 0 Å². The van der Waals surface area contributed by atoms with E-state index in [1.165, 1.54) is 32.0 Å². The molecule has 2 aromatic rings. The highest BCUT2D eigenvalue weighted by Gasteiger charge is 2.33. The molecule has 4 heterocycles. The molecule has 3 saturated heterocycles. The van der Waals surface area contributed by atoms with Gasteiger partial charge in [0.25, 0.3) is 0 Å². The van der Waals surface area contributed by atoms with Crippen molar-refractivity contribution in [3.05, 3.63) is 48.0 Å². The Kier molecular flexibility index (Phi) is 3.72. The average Bonchev–Trinajstić information content (AvgIpc) is 3.03. The first-order chi connectivity index (χ1) is 10.8. The third-order valence-corrected chi connectivity index (χ3v) is 5.00. The normalized spacial score (nSPS) is 27.2. The lowest BCUT2D eigenvalue weighted by Crippen LogP contribution is -2.55. The first-order valence-electron chi connectivity index (χ1n) is 8.09. The second-order valence-electron chi connectivity index (χ2n) is 6.37. The highest BCUT2D eigenvalue weighted by atomic mass is 19.1. The van der Waals surface area contributed by atoms with E-state index in [4.69, 9.17) is 4.42 Å². The van der Waals surface area contributed by atoms with Crippen molar-refractivity contribution in [2.75, 3.05) is 19.6 Å². The van der Waals surface area contributed by atoms with Gasteiger partial charge in [0.1, 0.15) is 17.3 Å². The zero-order valence-corrected chi connectivity index (χ0v) is 12.6. The van der Waals surface area contributed by atoms with Gasteiger partial charge in [-0.2, -0.15) is 0 Å². The quantitative estimate of drug-likeness (QED) is 0.939. The molecule has 0 spiro atoms. The van der Waals surface area contributed by atoms with Gasteiger partial charge in [-0.15, -0.1) is 0 Å². The third kappa shape index (κ3) is 2.69. The molecule has 0 amide bonds. The van der Waals surface area contributed by atoms with Crippen LogP contribution in [0.2, 0.25) is 0 Å². The summed E-state index contributed by atoms with van der Waals surface area (Å²) in [7, 11) is 0. The van der Waals surface area contributed by atoms with Crippen LogP contribution in [0.3, 0.4) is 0 Å². The fourth-order valence-corrected chi connectivity index (χ4v) is 3.71. The van der Waals surface area contributed by atoms with Crippen molar-refractivity contribution < 1.29 is 8.81 Å². The van der Waals surface area contributed by atoms with Crippen molar-refractivity contribution in [2.45, 2.75) is 25.4 Å². The SMILES string of the molecule is Fc1ccccc1-c1ccc(CNC2CN3CCC2CC3)o1. The minimum atomic E-state index is -0.242. The number of halogens is 1. The molecule has 116 valence electrons. The molecule has 2 bridgehead atoms. The van der Waals surface area contributed by atoms with Gasteiger partial charge >= 0.3 is 0 Å². The van der Waals surface area contributed by atoms with Crippen LogP contribution in [-0.4, -0.2) is 30.6 Å². The molecule has 1 aromatic heterocycles. The first kappa shape index (κ1) is 14.0. The number of fused-ring (bicyclic) bond motifs is 3. The molecule has 1 aromatic carbocycles. The minimum Gasteiger partial charge on any atom is -0.460 e. The average molecular weight is 300 g/mol. The summed E-state index contributed by atoms with van der Waals surface area (Å²) in [5.74, 6) is 2.03. The predicted molar refractivity (Wildman–Crippen MR) is 83.9 cm³/mol. The van der Waals surface area contributed by atoms with Crippen LogP contribution in [0.15, 0.2) is 40.8 Å². The Bertz CT molecular complexity index is 646. The Morgan fingerprint density at radius 2 is 1.95 bits per heavy atom. The van der Waals surface area contributed by atoms with Gasteiger partial charge in [0.05, 0.1) is 12.1 Å². The van der Waals surface area contributed by atoms with E-state index in [2.05, 4.69) is 10.2 Å². The van der Waals surface area contributed by atoms with Crippen LogP contribution in [0, 0.1) is 11.7 Å². The number of furan rings is 1. The van der Waals surface area contributed by atoms with E-state index < -0.39 is 0 Å². The summed E-state index contributed by atoms with van der Waals surface area (Å²) in [6.07, 6.45) is 2.60. The Labute approximate surface area is 130 Å². The molecule has 1 unspecified atom stereocenters. The smallest absolute Gasteiger partial charge is 0.137 e. The molecule has 22 heavy (non-hydrogen) atoms. The Morgan fingerprint density at radius 1 is 1.14 bits per heavy atom. The maximum atomic E-state index is 13.8. The molecule has 0 saturated carbocycles. The highest BCUT2D eigenvalue weighted by molar-refractivity contribution is 5.58. The highest BCUT2D eigenvalue weighted by Crippen LogP contribution is 2.28. The van der Waals surface area contributed by atoms with Crippen molar-refractivity contribution in [1.29, 1.82) is 0 Å². The standard InChI is InChI=1S/C18H21FN2O/c19-16-4-2-1-3-15(16)18-6-5-14(22-18)11-20-17-12-21-9-7-13(17)8-10-21/h1-6,13,17,20H,7-12H2. The summed E-state index contributed by atoms with van der Waals surface area (Å²) in [5.41, 5.74) is 0.525. The number of benzene rings is 1. The third-order valence-electron chi connectivity index (χ3n) is 5.00. The maximum absolute atomic E-state index is 13.8. The van der Waals surface area contributed by atoms with Gasteiger partial charge in [-0.3, -0.25) is 0 Å². The Hall–Kier alpha value is -1.65. The summed E-state index contributed by atoms with van der Waals surface area (Å²) in [6, 6.07) is 11.1. The molecule has 3 aliphatic heterocycles. The molecule has 0 aliphatic carbocycles. The van der Waals surface area contributed by atoms with Crippen LogP contribution < -0.4 is 5.32 Å². The van der Waals surface area contributed by atoms with E-state index in [1.54, 1.807) is 12.1 Å². The van der Waals surface area contributed by atoms with Crippen molar-refractivity contribution in [3.63, 3.8) is 0 Å². The number of rotatable bonds is 4. The summed E-state index contributed by atoms with van der Waals surface area (Å²) < 4.78 is 19.6. The lowest BCUT2D eigenvalue weighted by molar-refractivity contribution is 0.0711. The molecule has 4 heteroatoms. The van der Waals surface area contributed by atoms with Crippen LogP contribution >= 0.6 is 0 Å². The van der Waals surface area contributed by atoms with Gasteiger partial charge in [0, 0.05) is 12.6 Å². The summed E-state index contributed by atoms with van der Waals surface area (Å²) in [4.78, 5) is 2.53. The van der Waals surface area contributed by atoms with Gasteiger partial charge < -0.3 is 14.6 Å². The lowest BCUT2D eigenvalue weighted by Gasteiger charge is -2.45. The largest absolute Gasteiger partial charge is 0.460 e. The Morgan fingerprint density at radius 3 is 2.68 bits per heavy atom.